The summed E-state index contributed by atoms with van der Waals surface area (Å²) in [5.41, 5.74) is 12.1. The van der Waals surface area contributed by atoms with Crippen LogP contribution in [0.15, 0.2) is 39.4 Å². The van der Waals surface area contributed by atoms with E-state index in [1.807, 2.05) is 0 Å². The van der Waals surface area contributed by atoms with E-state index >= 15 is 0 Å². The quantitative estimate of drug-likeness (QED) is 0.0437. The Balaban J connectivity index is 1.34. The second-order valence-electron chi connectivity index (χ2n) is 9.22. The summed E-state index contributed by atoms with van der Waals surface area (Å²) in [6.45, 7) is 1.57. The third-order valence-corrected chi connectivity index (χ3v) is 9.43. The van der Waals surface area contributed by atoms with Crippen molar-refractivity contribution >= 4 is 80.9 Å². The molecule has 0 bridgehead atoms. The van der Waals surface area contributed by atoms with Crippen molar-refractivity contribution in [3.8, 4) is 0 Å². The van der Waals surface area contributed by atoms with Crippen molar-refractivity contribution in [2.24, 2.45) is 12.2 Å². The summed E-state index contributed by atoms with van der Waals surface area (Å²) in [7, 11) is 1.79. The van der Waals surface area contributed by atoms with Crippen molar-refractivity contribution in [1.29, 1.82) is 0 Å². The van der Waals surface area contributed by atoms with E-state index in [-0.39, 0.29) is 46.0 Å². The van der Waals surface area contributed by atoms with E-state index in [0.717, 1.165) is 16.2 Å². The lowest BCUT2D eigenvalue weighted by Gasteiger charge is -2.50. The SMILES string of the molecule is CC[C@H](O/N=C(\C(=O)NC1C(=O)N2C(C(=O)[O-])=C(CSc3nc(N)cc4n3nc[n+]4C)CS[C@H]12)c1csc(N)n1)C(=O)O. The highest BCUT2D eigenvalue weighted by atomic mass is 32.2. The first-order valence-corrected chi connectivity index (χ1v) is 15.4. The first-order chi connectivity index (χ1) is 20.5. The average molecular weight is 649 g/mol. The predicted octanol–water partition coefficient (Wildman–Crippen LogP) is -2.05. The molecule has 17 nitrogen and oxygen atoms in total. The molecule has 6 N–H and O–H groups in total. The van der Waals surface area contributed by atoms with Crippen LogP contribution in [-0.2, 0) is 31.1 Å². The minimum atomic E-state index is -1.54. The molecule has 1 unspecified atom stereocenters. The molecular weight excluding hydrogens is 625 g/mol. The highest BCUT2D eigenvalue weighted by molar-refractivity contribution is 8.01. The Morgan fingerprint density at radius 3 is 2.79 bits per heavy atom. The minimum Gasteiger partial charge on any atom is -0.543 e. The van der Waals surface area contributed by atoms with Gasteiger partial charge < -0.3 is 36.6 Å². The van der Waals surface area contributed by atoms with Crippen LogP contribution < -0.4 is 26.5 Å². The van der Waals surface area contributed by atoms with Gasteiger partial charge in [-0.3, -0.25) is 14.5 Å². The summed E-state index contributed by atoms with van der Waals surface area (Å²) in [5.74, 6) is -3.74. The Kier molecular flexibility index (Phi) is 8.42. The number of hydrogen-bond donors (Lipinski definition) is 4. The molecule has 20 heteroatoms. The highest BCUT2D eigenvalue weighted by Gasteiger charge is 2.53. The molecule has 0 aromatic carbocycles. The molecule has 0 saturated carbocycles. The zero-order valence-corrected chi connectivity index (χ0v) is 24.9. The number of aliphatic carboxylic acids is 2. The van der Waals surface area contributed by atoms with Gasteiger partial charge in [-0.2, -0.15) is 4.98 Å². The van der Waals surface area contributed by atoms with Gasteiger partial charge in [0.2, 0.25) is 6.10 Å². The van der Waals surface area contributed by atoms with Crippen molar-refractivity contribution < 1.29 is 38.8 Å². The number of carboxylic acid groups (broad SMARTS) is 2. The molecule has 5 rings (SSSR count). The van der Waals surface area contributed by atoms with E-state index in [0.29, 0.717) is 16.4 Å². The van der Waals surface area contributed by atoms with Gasteiger partial charge in [-0.25, -0.2) is 14.3 Å². The molecule has 2 aliphatic rings. The van der Waals surface area contributed by atoms with Crippen molar-refractivity contribution in [2.75, 3.05) is 23.0 Å². The Hall–Kier alpha value is -4.43. The zero-order valence-electron chi connectivity index (χ0n) is 22.5. The summed E-state index contributed by atoms with van der Waals surface area (Å²) in [6, 6.07) is 0.542. The van der Waals surface area contributed by atoms with Gasteiger partial charge in [-0.05, 0) is 16.5 Å². The number of thioether (sulfide) groups is 2. The molecule has 5 heterocycles. The number of carbonyl (C=O) groups excluding carboxylic acids is 3. The van der Waals surface area contributed by atoms with Gasteiger partial charge in [0, 0.05) is 22.0 Å². The highest BCUT2D eigenvalue weighted by Crippen LogP contribution is 2.41. The predicted molar refractivity (Wildman–Crippen MR) is 152 cm³/mol. The maximum Gasteiger partial charge on any atom is 0.347 e. The van der Waals surface area contributed by atoms with Crippen molar-refractivity contribution in [2.45, 2.75) is 36.0 Å². The van der Waals surface area contributed by atoms with Crippen LogP contribution >= 0.6 is 34.9 Å². The number of nitrogens with one attached hydrogen (secondary N) is 1. The van der Waals surface area contributed by atoms with Crippen LogP contribution in [0.5, 0.6) is 0 Å². The Labute approximate surface area is 255 Å². The van der Waals surface area contributed by atoms with Gasteiger partial charge in [-0.15, -0.1) is 23.1 Å². The van der Waals surface area contributed by atoms with E-state index in [2.05, 4.69) is 25.5 Å². The van der Waals surface area contributed by atoms with E-state index in [9.17, 15) is 29.4 Å². The largest absolute Gasteiger partial charge is 0.543 e. The number of nitrogens with zero attached hydrogens (tertiary/aromatic N) is 7. The first kappa shape index (κ1) is 30.0. The number of β-lactam (4-membered cyclic amide) rings is 1. The summed E-state index contributed by atoms with van der Waals surface area (Å²) in [4.78, 5) is 64.4. The standard InChI is InChI=1S/C23H24N10O7S3/c1-3-11(20(36)37)40-30-14(10-7-42-22(25)27-10)17(34)29-15-18(35)32-16(21(38)39)9(5-41-19(15)32)6-43-23-28-12(24)4-13-31(2)8-26-33(13)23/h4,7-8,11,15,19,24H,3,5-6H2,1-2H3,(H5,25,27,29,34,36,37,38,39)/b30-14-/t11-,15?,19+/m0/s1. The number of aromatic nitrogens is 5. The molecule has 2 aliphatic heterocycles. The Bertz CT molecular complexity index is 1700. The van der Waals surface area contributed by atoms with Crippen LogP contribution in [0.25, 0.3) is 5.65 Å². The third kappa shape index (κ3) is 5.79. The molecule has 0 spiro atoms. The van der Waals surface area contributed by atoms with Gasteiger partial charge in [0.1, 0.15) is 22.9 Å². The van der Waals surface area contributed by atoms with Crippen molar-refractivity contribution in [3.05, 3.63) is 34.7 Å². The van der Waals surface area contributed by atoms with Crippen molar-refractivity contribution in [1.82, 2.24) is 29.8 Å². The van der Waals surface area contributed by atoms with E-state index in [1.165, 1.54) is 28.9 Å². The maximum atomic E-state index is 13.2. The molecule has 3 aromatic heterocycles. The lowest BCUT2D eigenvalue weighted by Crippen LogP contribution is -2.71. The topological polar surface area (TPSA) is 247 Å². The van der Waals surface area contributed by atoms with Crippen LogP contribution in [0, 0.1) is 0 Å². The fourth-order valence-corrected chi connectivity index (χ4v) is 7.28. The maximum absolute atomic E-state index is 13.2. The Morgan fingerprint density at radius 2 is 2.14 bits per heavy atom. The third-order valence-electron chi connectivity index (χ3n) is 6.40. The smallest absolute Gasteiger partial charge is 0.347 e. The zero-order chi connectivity index (χ0) is 31.0. The number of fused-ring (bicyclic) bond motifs is 2. The first-order valence-electron chi connectivity index (χ1n) is 12.5. The molecule has 43 heavy (non-hydrogen) atoms. The number of aryl methyl sites for hydroxylation is 1. The van der Waals surface area contributed by atoms with E-state index in [1.54, 1.807) is 35.4 Å². The summed E-state index contributed by atoms with van der Waals surface area (Å²) < 4.78 is 3.32. The summed E-state index contributed by atoms with van der Waals surface area (Å²) in [6.07, 6.45) is 0.329. The van der Waals surface area contributed by atoms with Crippen LogP contribution in [0.2, 0.25) is 0 Å². The molecule has 0 aliphatic carbocycles. The van der Waals surface area contributed by atoms with Gasteiger partial charge in [0.15, 0.2) is 10.8 Å². The number of hydrogen-bond acceptors (Lipinski definition) is 15. The number of rotatable bonds is 11. The monoisotopic (exact) mass is 648 g/mol. The van der Waals surface area contributed by atoms with Crippen LogP contribution in [0.4, 0.5) is 10.9 Å². The number of nitrogens with two attached hydrogens (primary N) is 2. The molecule has 1 saturated heterocycles. The number of anilines is 2. The fraction of sp³-hybridized carbons (Fsp3) is 0.348. The second-order valence-corrected chi connectivity index (χ2v) is 12.2. The van der Waals surface area contributed by atoms with Gasteiger partial charge in [0.05, 0.1) is 24.8 Å². The Morgan fingerprint density at radius 1 is 1.37 bits per heavy atom. The van der Waals surface area contributed by atoms with Crippen LogP contribution in [0.3, 0.4) is 0 Å². The lowest BCUT2D eigenvalue weighted by atomic mass is 10.0. The number of carboxylic acids is 2. The molecule has 3 atom stereocenters. The minimum absolute atomic E-state index is 0.0184. The number of oxime groups is 1. The van der Waals surface area contributed by atoms with Crippen molar-refractivity contribution in [3.63, 3.8) is 0 Å². The number of carbonyl (C=O) groups is 4. The normalized spacial score (nSPS) is 19.2. The van der Waals surface area contributed by atoms with Gasteiger partial charge >= 0.3 is 5.97 Å². The molecule has 1 fully saturated rings. The number of nitrogen functional groups attached to an aromatic ring is 2. The van der Waals surface area contributed by atoms with Crippen LogP contribution in [0.1, 0.15) is 19.0 Å². The number of thiazole rings is 1. The van der Waals surface area contributed by atoms with Gasteiger partial charge in [-0.1, -0.05) is 23.8 Å². The molecule has 3 aromatic rings. The summed E-state index contributed by atoms with van der Waals surface area (Å²) in [5, 5.41) is 33.2. The average Bonchev–Trinajstić information content (AvgIpc) is 3.56. The lowest BCUT2D eigenvalue weighted by molar-refractivity contribution is -0.646. The van der Waals surface area contributed by atoms with Gasteiger partial charge in [0.25, 0.3) is 28.9 Å². The van der Waals surface area contributed by atoms with Crippen LogP contribution in [-0.4, -0.2) is 88.1 Å². The second kappa shape index (κ2) is 12.1. The molecule has 2 amide bonds. The number of amides is 2. The summed E-state index contributed by atoms with van der Waals surface area (Å²) >= 11 is 3.47. The van der Waals surface area contributed by atoms with E-state index in [4.69, 9.17) is 16.3 Å². The van der Waals surface area contributed by atoms with E-state index < -0.39 is 41.3 Å². The fourth-order valence-electron chi connectivity index (χ4n) is 4.28. The molecule has 0 radical (unpaired) electrons. The molecular formula is C23H24N10O7S3. The molecule has 226 valence electrons.